The number of rotatable bonds is 4. The first-order chi connectivity index (χ1) is 9.78. The molecule has 0 N–H and O–H groups in total. The summed E-state index contributed by atoms with van der Waals surface area (Å²) < 4.78 is 25.7. The minimum atomic E-state index is -0.201. The maximum atomic E-state index is 13.9. The van der Waals surface area contributed by atoms with E-state index in [2.05, 4.69) is 0 Å². The Kier molecular flexibility index (Phi) is 3.56. The molecule has 0 aliphatic carbocycles. The second-order valence-corrected chi connectivity index (χ2v) is 5.25. The third-order valence-electron chi connectivity index (χ3n) is 3.06. The number of halogens is 1. The van der Waals surface area contributed by atoms with Gasteiger partial charge in [0.05, 0.1) is 7.11 Å². The smallest absolute Gasteiger partial charge is 0.132 e. The number of methoxy groups -OCH3 is 1. The van der Waals surface area contributed by atoms with Gasteiger partial charge in [-0.2, -0.15) is 0 Å². The predicted octanol–water partition coefficient (Wildman–Crippen LogP) is 4.63. The molecule has 0 bridgehead atoms. The maximum Gasteiger partial charge on any atom is 0.132 e. The lowest BCUT2D eigenvalue weighted by atomic mass is 10.2. The van der Waals surface area contributed by atoms with Crippen molar-refractivity contribution >= 4 is 21.4 Å². The number of thiophene rings is 1. The van der Waals surface area contributed by atoms with E-state index < -0.39 is 0 Å². The van der Waals surface area contributed by atoms with Crippen LogP contribution in [0.5, 0.6) is 11.5 Å². The van der Waals surface area contributed by atoms with E-state index in [1.54, 1.807) is 13.2 Å². The van der Waals surface area contributed by atoms with Gasteiger partial charge in [-0.3, -0.25) is 0 Å². The van der Waals surface area contributed by atoms with Crippen LogP contribution < -0.4 is 9.47 Å². The van der Waals surface area contributed by atoms with Gasteiger partial charge in [0.2, 0.25) is 0 Å². The summed E-state index contributed by atoms with van der Waals surface area (Å²) in [6.45, 7) is 0.341. The molecule has 0 aliphatic heterocycles. The lowest BCUT2D eigenvalue weighted by Crippen LogP contribution is -1.95. The molecule has 3 aromatic rings. The molecule has 0 spiro atoms. The number of hydrogen-bond acceptors (Lipinski definition) is 3. The summed E-state index contributed by atoms with van der Waals surface area (Å²) in [6, 6.07) is 12.5. The van der Waals surface area contributed by atoms with Crippen LogP contribution in [0.3, 0.4) is 0 Å². The topological polar surface area (TPSA) is 18.5 Å². The van der Waals surface area contributed by atoms with Gasteiger partial charge in [0, 0.05) is 21.7 Å². The fraction of sp³-hybridized carbons (Fsp3) is 0.125. The largest absolute Gasteiger partial charge is 0.497 e. The number of benzene rings is 2. The van der Waals surface area contributed by atoms with E-state index in [1.165, 1.54) is 17.4 Å². The van der Waals surface area contributed by atoms with Gasteiger partial charge < -0.3 is 9.47 Å². The lowest BCUT2D eigenvalue weighted by Gasteiger charge is -2.07. The summed E-state index contributed by atoms with van der Waals surface area (Å²) in [5.41, 5.74) is 0.867. The molecule has 0 saturated heterocycles. The highest BCUT2D eigenvalue weighted by atomic mass is 32.1. The zero-order valence-electron chi connectivity index (χ0n) is 10.9. The number of ether oxygens (including phenoxy) is 2. The van der Waals surface area contributed by atoms with E-state index in [0.717, 1.165) is 16.0 Å². The minimum absolute atomic E-state index is 0.201. The van der Waals surface area contributed by atoms with E-state index in [1.807, 2.05) is 35.7 Å². The maximum absolute atomic E-state index is 13.9. The fourth-order valence-corrected chi connectivity index (χ4v) is 3.02. The van der Waals surface area contributed by atoms with Crippen LogP contribution in [0.2, 0.25) is 0 Å². The van der Waals surface area contributed by atoms with Gasteiger partial charge >= 0.3 is 0 Å². The second-order valence-electron chi connectivity index (χ2n) is 4.34. The van der Waals surface area contributed by atoms with E-state index >= 15 is 0 Å². The molecular formula is C16H13FO2S. The van der Waals surface area contributed by atoms with E-state index in [0.29, 0.717) is 17.7 Å². The molecule has 4 heteroatoms. The Morgan fingerprint density at radius 2 is 1.90 bits per heavy atom. The van der Waals surface area contributed by atoms with Crippen LogP contribution in [0.1, 0.15) is 5.56 Å². The summed E-state index contributed by atoms with van der Waals surface area (Å²) in [5.74, 6) is 1.25. The minimum Gasteiger partial charge on any atom is -0.497 e. The van der Waals surface area contributed by atoms with Crippen LogP contribution in [0, 0.1) is 5.82 Å². The molecule has 2 aromatic carbocycles. The van der Waals surface area contributed by atoms with Gasteiger partial charge in [-0.15, -0.1) is 11.3 Å². The molecule has 1 heterocycles. The molecule has 0 atom stereocenters. The van der Waals surface area contributed by atoms with Gasteiger partial charge in [0.25, 0.3) is 0 Å². The molecule has 0 unspecified atom stereocenters. The van der Waals surface area contributed by atoms with Crippen molar-refractivity contribution in [3.63, 3.8) is 0 Å². The van der Waals surface area contributed by atoms with E-state index in [9.17, 15) is 4.39 Å². The van der Waals surface area contributed by atoms with Crippen LogP contribution in [0.15, 0.2) is 47.8 Å². The lowest BCUT2D eigenvalue weighted by molar-refractivity contribution is 0.305. The van der Waals surface area contributed by atoms with Crippen molar-refractivity contribution in [1.29, 1.82) is 0 Å². The molecule has 0 fully saturated rings. The first-order valence-electron chi connectivity index (χ1n) is 6.19. The Bertz CT molecular complexity index is 736. The van der Waals surface area contributed by atoms with Crippen LogP contribution in [-0.2, 0) is 6.61 Å². The fourth-order valence-electron chi connectivity index (χ4n) is 2.07. The Morgan fingerprint density at radius 1 is 1.10 bits per heavy atom. The highest BCUT2D eigenvalue weighted by molar-refractivity contribution is 7.17. The van der Waals surface area contributed by atoms with Crippen LogP contribution >= 0.6 is 11.3 Å². The molecule has 0 amide bonds. The van der Waals surface area contributed by atoms with Gasteiger partial charge in [-0.1, -0.05) is 12.1 Å². The predicted molar refractivity (Wildman–Crippen MR) is 79.1 cm³/mol. The monoisotopic (exact) mass is 288 g/mol. The molecule has 2 nitrogen and oxygen atoms in total. The third-order valence-corrected chi connectivity index (χ3v) is 4.06. The second kappa shape index (κ2) is 5.51. The molecule has 20 heavy (non-hydrogen) atoms. The standard InChI is InChI=1S/C16H13FO2S/c1-18-12-4-2-5-13(8-12)19-9-11-10-20-15-7-3-6-14(17)16(11)15/h2-8,10H,9H2,1H3. The molecule has 102 valence electrons. The average Bonchev–Trinajstić information content (AvgIpc) is 2.90. The quantitative estimate of drug-likeness (QED) is 0.697. The van der Waals surface area contributed by atoms with Crippen LogP contribution in [-0.4, -0.2) is 7.11 Å². The molecule has 1 aromatic heterocycles. The molecule has 0 radical (unpaired) electrons. The Morgan fingerprint density at radius 3 is 2.75 bits per heavy atom. The van der Waals surface area contributed by atoms with Gasteiger partial charge in [-0.25, -0.2) is 4.39 Å². The number of hydrogen-bond donors (Lipinski definition) is 0. The summed E-state index contributed by atoms with van der Waals surface area (Å²) >= 11 is 1.53. The Balaban J connectivity index is 1.83. The van der Waals surface area contributed by atoms with E-state index in [-0.39, 0.29) is 5.82 Å². The van der Waals surface area contributed by atoms with Crippen molar-refractivity contribution in [3.8, 4) is 11.5 Å². The van der Waals surface area contributed by atoms with Crippen molar-refractivity contribution in [2.24, 2.45) is 0 Å². The van der Waals surface area contributed by atoms with Gasteiger partial charge in [-0.05, 0) is 29.6 Å². The third kappa shape index (κ3) is 2.47. The van der Waals surface area contributed by atoms with Crippen molar-refractivity contribution < 1.29 is 13.9 Å². The number of fused-ring (bicyclic) bond motifs is 1. The van der Waals surface area contributed by atoms with Gasteiger partial charge in [0.15, 0.2) is 0 Å². The summed E-state index contributed by atoms with van der Waals surface area (Å²) in [5, 5.41) is 2.59. The Hall–Kier alpha value is -2.07. The first-order valence-corrected chi connectivity index (χ1v) is 7.07. The van der Waals surface area contributed by atoms with Crippen LogP contribution in [0.25, 0.3) is 10.1 Å². The van der Waals surface area contributed by atoms with Crippen molar-refractivity contribution in [3.05, 3.63) is 59.2 Å². The SMILES string of the molecule is COc1cccc(OCc2csc3cccc(F)c23)c1. The van der Waals surface area contributed by atoms with Crippen molar-refractivity contribution in [2.75, 3.05) is 7.11 Å². The molecular weight excluding hydrogens is 275 g/mol. The zero-order chi connectivity index (χ0) is 13.9. The van der Waals surface area contributed by atoms with E-state index in [4.69, 9.17) is 9.47 Å². The highest BCUT2D eigenvalue weighted by Gasteiger charge is 2.09. The molecule has 0 saturated carbocycles. The normalized spacial score (nSPS) is 10.7. The highest BCUT2D eigenvalue weighted by Crippen LogP contribution is 2.29. The van der Waals surface area contributed by atoms with Crippen molar-refractivity contribution in [1.82, 2.24) is 0 Å². The van der Waals surface area contributed by atoms with Crippen molar-refractivity contribution in [2.45, 2.75) is 6.61 Å². The summed E-state index contributed by atoms with van der Waals surface area (Å²) in [7, 11) is 1.61. The molecule has 3 rings (SSSR count). The Labute approximate surface area is 120 Å². The zero-order valence-corrected chi connectivity index (χ0v) is 11.7. The average molecular weight is 288 g/mol. The summed E-state index contributed by atoms with van der Waals surface area (Å²) in [6.07, 6.45) is 0. The summed E-state index contributed by atoms with van der Waals surface area (Å²) in [4.78, 5) is 0. The van der Waals surface area contributed by atoms with Gasteiger partial charge in [0.1, 0.15) is 23.9 Å². The molecule has 0 aliphatic rings. The first kappa shape index (κ1) is 12.9. The van der Waals surface area contributed by atoms with Crippen LogP contribution in [0.4, 0.5) is 4.39 Å².